The Balaban J connectivity index is 1.00. The minimum Gasteiger partial charge on any atom is -0.461 e. The standard InChI is InChI=1S/C61H43NO2/c1-3-18-42(19-4-1)46-22-7-8-23-47(46)44-34-36-45(37-35-44)62(57-31-16-12-24-48(57)43-20-5-2-6-21-43)58-32-17-33-59-60(58)64-40-38-52-51-27-11-15-30-55(51)61(56(52)39-41-63-59)53-28-13-9-25-49(53)50-26-10-14-29-54(50)61/h1-9,11-25,27-41H,10,26H2/b40-38+,41-39?. The van der Waals surface area contributed by atoms with Gasteiger partial charge in [-0.1, -0.05) is 182 Å². The molecule has 0 bridgehead atoms. The molecule has 0 aromatic heterocycles. The first kappa shape index (κ1) is 37.6. The summed E-state index contributed by atoms with van der Waals surface area (Å²) in [5.74, 6) is 1.23. The van der Waals surface area contributed by atoms with E-state index in [4.69, 9.17) is 9.47 Å². The molecule has 64 heavy (non-hydrogen) atoms. The second-order valence-electron chi connectivity index (χ2n) is 16.6. The summed E-state index contributed by atoms with van der Waals surface area (Å²) in [4.78, 5) is 2.30. The monoisotopic (exact) mass is 821 g/mol. The molecular formula is C61H43NO2. The molecule has 0 N–H and O–H groups in total. The first-order valence-corrected chi connectivity index (χ1v) is 22.1. The van der Waals surface area contributed by atoms with Crippen molar-refractivity contribution in [1.29, 1.82) is 0 Å². The second kappa shape index (κ2) is 15.6. The molecule has 0 saturated carbocycles. The highest BCUT2D eigenvalue weighted by atomic mass is 16.5. The highest BCUT2D eigenvalue weighted by Gasteiger charge is 2.52. The molecule has 8 aromatic carbocycles. The first-order chi connectivity index (χ1) is 31.8. The summed E-state index contributed by atoms with van der Waals surface area (Å²) in [5, 5.41) is 0. The summed E-state index contributed by atoms with van der Waals surface area (Å²) in [5.41, 5.74) is 19.6. The van der Waals surface area contributed by atoms with Crippen molar-refractivity contribution in [3.05, 3.63) is 270 Å². The molecule has 8 aromatic rings. The summed E-state index contributed by atoms with van der Waals surface area (Å²) in [6, 6.07) is 71.3. The van der Waals surface area contributed by atoms with E-state index in [1.807, 2.05) is 18.6 Å². The Labute approximate surface area is 374 Å². The Morgan fingerprint density at radius 1 is 0.406 bits per heavy atom. The predicted molar refractivity (Wildman–Crippen MR) is 263 cm³/mol. The van der Waals surface area contributed by atoms with Gasteiger partial charge in [-0.25, -0.2) is 0 Å². The van der Waals surface area contributed by atoms with Gasteiger partial charge in [-0.05, 0) is 128 Å². The number of nitrogens with zero attached hydrogens (tertiary/aromatic N) is 1. The molecule has 1 heterocycles. The molecule has 0 radical (unpaired) electrons. The lowest BCUT2D eigenvalue weighted by Gasteiger charge is -2.33. The third kappa shape index (κ3) is 5.96. The van der Waals surface area contributed by atoms with Crippen LogP contribution in [-0.4, -0.2) is 0 Å². The van der Waals surface area contributed by atoms with Crippen molar-refractivity contribution in [2.24, 2.45) is 0 Å². The minimum atomic E-state index is -0.464. The number of allylic oxidation sites excluding steroid dienone is 8. The fraction of sp³-hybridized carbons (Fsp3) is 0.0492. The van der Waals surface area contributed by atoms with E-state index in [0.717, 1.165) is 52.2 Å². The number of ether oxygens (including phenoxy) is 2. The van der Waals surface area contributed by atoms with Crippen molar-refractivity contribution in [3.8, 4) is 44.9 Å². The van der Waals surface area contributed by atoms with Crippen LogP contribution in [0.5, 0.6) is 11.5 Å². The lowest BCUT2D eigenvalue weighted by molar-refractivity contribution is 0.417. The van der Waals surface area contributed by atoms with Crippen LogP contribution in [0.3, 0.4) is 0 Å². The number of fused-ring (bicyclic) bond motifs is 9. The summed E-state index contributed by atoms with van der Waals surface area (Å²) in [6.45, 7) is 0. The van der Waals surface area contributed by atoms with Gasteiger partial charge in [0.1, 0.15) is 0 Å². The van der Waals surface area contributed by atoms with E-state index in [2.05, 4.69) is 223 Å². The largest absolute Gasteiger partial charge is 0.461 e. The molecular weight excluding hydrogens is 779 g/mol. The van der Waals surface area contributed by atoms with Crippen LogP contribution in [0, 0.1) is 0 Å². The number of benzene rings is 8. The number of rotatable bonds is 6. The van der Waals surface area contributed by atoms with E-state index in [1.54, 1.807) is 0 Å². The number of para-hydroxylation sites is 2. The Morgan fingerprint density at radius 2 is 0.969 bits per heavy atom. The molecule has 0 saturated heterocycles. The predicted octanol–water partition coefficient (Wildman–Crippen LogP) is 15.8. The minimum absolute atomic E-state index is 0.464. The van der Waals surface area contributed by atoms with Crippen molar-refractivity contribution in [2.75, 3.05) is 4.90 Å². The average molecular weight is 822 g/mol. The third-order valence-corrected chi connectivity index (χ3v) is 13.3. The molecule has 0 fully saturated rings. The van der Waals surface area contributed by atoms with Crippen molar-refractivity contribution in [3.63, 3.8) is 0 Å². The van der Waals surface area contributed by atoms with Gasteiger partial charge in [-0.2, -0.15) is 0 Å². The fourth-order valence-corrected chi connectivity index (χ4v) is 10.6. The zero-order valence-corrected chi connectivity index (χ0v) is 35.2. The van der Waals surface area contributed by atoms with E-state index in [0.29, 0.717) is 11.5 Å². The van der Waals surface area contributed by atoms with Gasteiger partial charge in [-0.15, -0.1) is 0 Å². The third-order valence-electron chi connectivity index (χ3n) is 13.3. The van der Waals surface area contributed by atoms with Crippen LogP contribution in [0.25, 0.3) is 44.5 Å². The first-order valence-electron chi connectivity index (χ1n) is 22.1. The molecule has 3 aliphatic carbocycles. The molecule has 1 unspecified atom stereocenters. The molecule has 1 aliphatic heterocycles. The lowest BCUT2D eigenvalue weighted by atomic mass is 9.68. The van der Waals surface area contributed by atoms with Gasteiger partial charge in [0.2, 0.25) is 0 Å². The van der Waals surface area contributed by atoms with Crippen molar-refractivity contribution in [2.45, 2.75) is 18.3 Å². The van der Waals surface area contributed by atoms with Gasteiger partial charge < -0.3 is 14.4 Å². The van der Waals surface area contributed by atoms with E-state index in [-0.39, 0.29) is 0 Å². The molecule has 1 spiro atoms. The maximum Gasteiger partial charge on any atom is 0.192 e. The van der Waals surface area contributed by atoms with Crippen LogP contribution >= 0.6 is 0 Å². The van der Waals surface area contributed by atoms with Gasteiger partial charge in [0.25, 0.3) is 0 Å². The molecule has 0 amide bonds. The quantitative estimate of drug-likeness (QED) is 0.167. The van der Waals surface area contributed by atoms with Crippen LogP contribution in [0.1, 0.15) is 35.1 Å². The lowest BCUT2D eigenvalue weighted by Crippen LogP contribution is -2.28. The van der Waals surface area contributed by atoms with Crippen LogP contribution < -0.4 is 14.4 Å². The molecule has 3 nitrogen and oxygen atoms in total. The topological polar surface area (TPSA) is 21.7 Å². The smallest absolute Gasteiger partial charge is 0.192 e. The molecule has 3 heteroatoms. The van der Waals surface area contributed by atoms with E-state index in [9.17, 15) is 0 Å². The average Bonchev–Trinajstić information content (AvgIpc) is 3.82. The van der Waals surface area contributed by atoms with Gasteiger partial charge in [0.15, 0.2) is 11.5 Å². The fourth-order valence-electron chi connectivity index (χ4n) is 10.6. The zero-order valence-electron chi connectivity index (χ0n) is 35.2. The Hall–Kier alpha value is -8.14. The summed E-state index contributed by atoms with van der Waals surface area (Å²) in [7, 11) is 0. The summed E-state index contributed by atoms with van der Waals surface area (Å²) in [6.07, 6.45) is 14.9. The van der Waals surface area contributed by atoms with Gasteiger partial charge in [-0.3, -0.25) is 0 Å². The summed E-state index contributed by atoms with van der Waals surface area (Å²) < 4.78 is 13.7. The van der Waals surface area contributed by atoms with E-state index >= 15 is 0 Å². The van der Waals surface area contributed by atoms with Crippen molar-refractivity contribution < 1.29 is 9.47 Å². The van der Waals surface area contributed by atoms with E-state index in [1.165, 1.54) is 55.7 Å². The summed E-state index contributed by atoms with van der Waals surface area (Å²) >= 11 is 0. The second-order valence-corrected chi connectivity index (χ2v) is 16.6. The molecule has 4 aliphatic rings. The van der Waals surface area contributed by atoms with Crippen LogP contribution in [0.2, 0.25) is 0 Å². The maximum absolute atomic E-state index is 6.93. The zero-order chi connectivity index (χ0) is 42.5. The van der Waals surface area contributed by atoms with Crippen LogP contribution in [0.15, 0.2) is 248 Å². The maximum atomic E-state index is 6.93. The van der Waals surface area contributed by atoms with Crippen molar-refractivity contribution >= 4 is 28.2 Å². The Morgan fingerprint density at radius 3 is 1.70 bits per heavy atom. The molecule has 12 rings (SSSR count). The highest BCUT2D eigenvalue weighted by Crippen LogP contribution is 2.63. The van der Waals surface area contributed by atoms with Crippen LogP contribution in [0.4, 0.5) is 17.1 Å². The Kier molecular flexibility index (Phi) is 9.19. The molecule has 304 valence electrons. The number of hydrogen-bond acceptors (Lipinski definition) is 3. The van der Waals surface area contributed by atoms with Gasteiger partial charge in [0.05, 0.1) is 29.3 Å². The normalized spacial score (nSPS) is 17.1. The van der Waals surface area contributed by atoms with Crippen molar-refractivity contribution in [1.82, 2.24) is 0 Å². The van der Waals surface area contributed by atoms with Gasteiger partial charge in [0, 0.05) is 11.3 Å². The SMILES string of the molecule is C1=CC2=C(CC1)c1ccccc1C21C2=C(/C=C/Oc3c(cccc3N(c3ccc(-c4ccccc4-c4ccccc4)cc3)c3ccccc3-c3ccccc3)OC=C2)c2ccccc21. The number of hydrogen-bond donors (Lipinski definition) is 0. The highest BCUT2D eigenvalue weighted by molar-refractivity contribution is 5.99. The number of anilines is 3. The molecule has 1 atom stereocenters. The van der Waals surface area contributed by atoms with Crippen LogP contribution in [-0.2, 0) is 5.41 Å². The Bertz CT molecular complexity index is 3260. The van der Waals surface area contributed by atoms with E-state index < -0.39 is 5.41 Å². The van der Waals surface area contributed by atoms with Gasteiger partial charge >= 0.3 is 0 Å².